The number of anilines is 2. The number of hydrogen-bond acceptors (Lipinski definition) is 4. The number of ether oxygens (including phenoxy) is 2. The van der Waals surface area contributed by atoms with Crippen LogP contribution in [0.5, 0.6) is 5.75 Å². The highest BCUT2D eigenvalue weighted by molar-refractivity contribution is 6.06. The normalized spacial score (nSPS) is 13.1. The third-order valence-electron chi connectivity index (χ3n) is 4.38. The third kappa shape index (κ3) is 3.70. The number of hydrogen-bond donors (Lipinski definition) is 1. The van der Waals surface area contributed by atoms with E-state index < -0.39 is 0 Å². The molecule has 2 amide bonds. The van der Waals surface area contributed by atoms with Crippen molar-refractivity contribution in [2.24, 2.45) is 0 Å². The second-order valence-corrected chi connectivity index (χ2v) is 6.08. The van der Waals surface area contributed by atoms with Gasteiger partial charge in [0.1, 0.15) is 12.4 Å². The first-order chi connectivity index (χ1) is 12.6. The molecule has 136 valence electrons. The van der Waals surface area contributed by atoms with Crippen molar-refractivity contribution < 1.29 is 19.1 Å². The number of carbonyl (C=O) groups is 2. The van der Waals surface area contributed by atoms with Crippen LogP contribution in [0.25, 0.3) is 0 Å². The number of amides is 2. The molecule has 1 aliphatic heterocycles. The van der Waals surface area contributed by atoms with Crippen LogP contribution < -0.4 is 15.0 Å². The van der Waals surface area contributed by atoms with Gasteiger partial charge in [0, 0.05) is 25.0 Å². The number of fused-ring (bicyclic) bond motifs is 1. The minimum atomic E-state index is -0.257. The summed E-state index contributed by atoms with van der Waals surface area (Å²) in [6.45, 7) is 0.691. The van der Waals surface area contributed by atoms with Crippen molar-refractivity contribution in [3.8, 4) is 5.75 Å². The van der Waals surface area contributed by atoms with Gasteiger partial charge in [0.25, 0.3) is 11.8 Å². The summed E-state index contributed by atoms with van der Waals surface area (Å²) in [5.41, 5.74) is 3.02. The van der Waals surface area contributed by atoms with Crippen molar-refractivity contribution >= 4 is 23.2 Å². The lowest BCUT2D eigenvalue weighted by Gasteiger charge is -2.30. The van der Waals surface area contributed by atoms with E-state index >= 15 is 0 Å². The van der Waals surface area contributed by atoms with Gasteiger partial charge in [-0.15, -0.1) is 0 Å². The number of carbonyl (C=O) groups excluding carboxylic acids is 2. The zero-order valence-corrected chi connectivity index (χ0v) is 15.0. The topological polar surface area (TPSA) is 67.9 Å². The highest BCUT2D eigenvalue weighted by atomic mass is 16.5. The van der Waals surface area contributed by atoms with E-state index in [1.165, 1.54) is 14.2 Å². The standard InChI is InChI=1S/C20H22N2O4/c1-25-13-19(23)22-11-5-6-14-9-10-15(12-17(14)22)21-20(24)16-7-3-4-8-18(16)26-2/h3-4,7-10,12H,5-6,11,13H2,1-2H3,(H,21,24). The second-order valence-electron chi connectivity index (χ2n) is 6.08. The molecule has 0 bridgehead atoms. The molecule has 6 heteroatoms. The summed E-state index contributed by atoms with van der Waals surface area (Å²) in [7, 11) is 3.04. The van der Waals surface area contributed by atoms with Crippen LogP contribution in [0.3, 0.4) is 0 Å². The van der Waals surface area contributed by atoms with Crippen LogP contribution in [0.2, 0.25) is 0 Å². The SMILES string of the molecule is COCC(=O)N1CCCc2ccc(NC(=O)c3ccccc3OC)cc21. The van der Waals surface area contributed by atoms with Gasteiger partial charge in [0.2, 0.25) is 0 Å². The summed E-state index contributed by atoms with van der Waals surface area (Å²) in [4.78, 5) is 26.6. The van der Waals surface area contributed by atoms with Gasteiger partial charge in [-0.1, -0.05) is 18.2 Å². The molecule has 26 heavy (non-hydrogen) atoms. The van der Waals surface area contributed by atoms with Gasteiger partial charge in [-0.05, 0) is 42.7 Å². The van der Waals surface area contributed by atoms with E-state index in [0.717, 1.165) is 24.1 Å². The molecule has 0 atom stereocenters. The average Bonchev–Trinajstić information content (AvgIpc) is 2.67. The largest absolute Gasteiger partial charge is 0.496 e. The molecular weight excluding hydrogens is 332 g/mol. The molecule has 2 aromatic rings. The maximum atomic E-state index is 12.6. The zero-order valence-electron chi connectivity index (χ0n) is 15.0. The van der Waals surface area contributed by atoms with E-state index in [9.17, 15) is 9.59 Å². The molecule has 0 fully saturated rings. The fourth-order valence-corrected chi connectivity index (χ4v) is 3.14. The quantitative estimate of drug-likeness (QED) is 0.896. The van der Waals surface area contributed by atoms with E-state index in [0.29, 0.717) is 23.5 Å². The van der Waals surface area contributed by atoms with Crippen molar-refractivity contribution in [1.29, 1.82) is 0 Å². The molecule has 1 heterocycles. The molecule has 6 nitrogen and oxygen atoms in total. The van der Waals surface area contributed by atoms with Crippen molar-refractivity contribution in [3.63, 3.8) is 0 Å². The predicted molar refractivity (Wildman–Crippen MR) is 99.9 cm³/mol. The fourth-order valence-electron chi connectivity index (χ4n) is 3.14. The van der Waals surface area contributed by atoms with Crippen LogP contribution in [0.15, 0.2) is 42.5 Å². The van der Waals surface area contributed by atoms with E-state index in [1.807, 2.05) is 24.3 Å². The Hall–Kier alpha value is -2.86. The van der Waals surface area contributed by atoms with Crippen molar-refractivity contribution in [1.82, 2.24) is 0 Å². The average molecular weight is 354 g/mol. The molecule has 3 rings (SSSR count). The van der Waals surface area contributed by atoms with Crippen LogP contribution in [0.4, 0.5) is 11.4 Å². The highest BCUT2D eigenvalue weighted by Gasteiger charge is 2.23. The molecule has 0 unspecified atom stereocenters. The lowest BCUT2D eigenvalue weighted by molar-refractivity contribution is -0.122. The Labute approximate surface area is 152 Å². The van der Waals surface area contributed by atoms with Crippen molar-refractivity contribution in [2.45, 2.75) is 12.8 Å². The van der Waals surface area contributed by atoms with E-state index in [-0.39, 0.29) is 18.4 Å². The Morgan fingerprint density at radius 3 is 2.73 bits per heavy atom. The summed E-state index contributed by atoms with van der Waals surface area (Å²) in [5.74, 6) is 0.175. The van der Waals surface area contributed by atoms with Crippen molar-refractivity contribution in [2.75, 3.05) is 37.6 Å². The minimum Gasteiger partial charge on any atom is -0.496 e. The lowest BCUT2D eigenvalue weighted by Crippen LogP contribution is -2.37. The number of rotatable bonds is 5. The molecule has 0 radical (unpaired) electrons. The number of nitrogens with zero attached hydrogens (tertiary/aromatic N) is 1. The van der Waals surface area contributed by atoms with Gasteiger partial charge in [-0.2, -0.15) is 0 Å². The Kier molecular flexibility index (Phi) is 5.53. The first kappa shape index (κ1) is 17.9. The Morgan fingerprint density at radius 1 is 1.15 bits per heavy atom. The number of aryl methyl sites for hydroxylation is 1. The highest BCUT2D eigenvalue weighted by Crippen LogP contribution is 2.30. The summed E-state index contributed by atoms with van der Waals surface area (Å²) in [5, 5.41) is 2.89. The van der Waals surface area contributed by atoms with Gasteiger partial charge in [-0.25, -0.2) is 0 Å². The Morgan fingerprint density at radius 2 is 1.96 bits per heavy atom. The summed E-state index contributed by atoms with van der Waals surface area (Å²) in [6, 6.07) is 12.7. The molecule has 2 aromatic carbocycles. The monoisotopic (exact) mass is 354 g/mol. The minimum absolute atomic E-state index is 0.0389. The maximum Gasteiger partial charge on any atom is 0.259 e. The van der Waals surface area contributed by atoms with Crippen LogP contribution in [-0.2, 0) is 16.0 Å². The van der Waals surface area contributed by atoms with Crippen LogP contribution in [0.1, 0.15) is 22.3 Å². The molecule has 0 aromatic heterocycles. The van der Waals surface area contributed by atoms with E-state index in [2.05, 4.69) is 5.32 Å². The summed E-state index contributed by atoms with van der Waals surface area (Å²) >= 11 is 0. The van der Waals surface area contributed by atoms with Crippen molar-refractivity contribution in [3.05, 3.63) is 53.6 Å². The Balaban J connectivity index is 1.85. The van der Waals surface area contributed by atoms with Crippen LogP contribution in [-0.4, -0.2) is 39.2 Å². The first-order valence-corrected chi connectivity index (χ1v) is 8.50. The van der Waals surface area contributed by atoms with Gasteiger partial charge in [-0.3, -0.25) is 9.59 Å². The van der Waals surface area contributed by atoms with Gasteiger partial charge >= 0.3 is 0 Å². The first-order valence-electron chi connectivity index (χ1n) is 8.50. The smallest absolute Gasteiger partial charge is 0.259 e. The van der Waals surface area contributed by atoms with Crippen LogP contribution in [0, 0.1) is 0 Å². The molecule has 1 aliphatic rings. The molecule has 0 aliphatic carbocycles. The van der Waals surface area contributed by atoms with Gasteiger partial charge in [0.05, 0.1) is 12.7 Å². The Bertz CT molecular complexity index is 819. The molecular formula is C20H22N2O4. The molecule has 1 N–H and O–H groups in total. The van der Waals surface area contributed by atoms with E-state index in [1.54, 1.807) is 23.1 Å². The van der Waals surface area contributed by atoms with Gasteiger partial charge < -0.3 is 19.7 Å². The van der Waals surface area contributed by atoms with Gasteiger partial charge in [0.15, 0.2) is 0 Å². The lowest BCUT2D eigenvalue weighted by atomic mass is 10.0. The molecule has 0 spiro atoms. The third-order valence-corrected chi connectivity index (χ3v) is 4.38. The number of benzene rings is 2. The zero-order chi connectivity index (χ0) is 18.5. The fraction of sp³-hybridized carbons (Fsp3) is 0.300. The molecule has 0 saturated heterocycles. The summed E-state index contributed by atoms with van der Waals surface area (Å²) in [6.07, 6.45) is 1.82. The number of nitrogens with one attached hydrogen (secondary N) is 1. The van der Waals surface area contributed by atoms with E-state index in [4.69, 9.17) is 9.47 Å². The molecule has 0 saturated carbocycles. The second kappa shape index (κ2) is 8.01. The number of methoxy groups -OCH3 is 2. The maximum absolute atomic E-state index is 12.6. The predicted octanol–water partition coefficient (Wildman–Crippen LogP) is 2.87. The summed E-state index contributed by atoms with van der Waals surface area (Å²) < 4.78 is 10.2. The number of para-hydroxylation sites is 1. The van der Waals surface area contributed by atoms with Crippen LogP contribution >= 0.6 is 0 Å².